The van der Waals surface area contributed by atoms with Crippen LogP contribution < -0.4 is 5.32 Å². The SMILES string of the molecule is C=C(NCC)c1ccc(C(=C)c2cc3c(cc2C)C(C)(C)CCC3(C)C)cc1. The first kappa shape index (κ1) is 20.5. The van der Waals surface area contributed by atoms with Crippen LogP contribution in [0.25, 0.3) is 11.3 Å². The number of rotatable bonds is 5. The Morgan fingerprint density at radius 3 is 1.93 bits per heavy atom. The van der Waals surface area contributed by atoms with Crippen LogP contribution in [0.4, 0.5) is 0 Å². The predicted octanol–water partition coefficient (Wildman–Crippen LogP) is 6.99. The Balaban J connectivity index is 2.00. The Morgan fingerprint density at radius 2 is 1.39 bits per heavy atom. The monoisotopic (exact) mass is 373 g/mol. The van der Waals surface area contributed by atoms with Gasteiger partial charge >= 0.3 is 0 Å². The first-order valence-corrected chi connectivity index (χ1v) is 10.5. The van der Waals surface area contributed by atoms with E-state index in [1.165, 1.54) is 40.7 Å². The Bertz CT molecular complexity index is 910. The van der Waals surface area contributed by atoms with Crippen molar-refractivity contribution in [3.05, 3.63) is 82.9 Å². The van der Waals surface area contributed by atoms with E-state index in [-0.39, 0.29) is 10.8 Å². The molecule has 0 bridgehead atoms. The van der Waals surface area contributed by atoms with Crippen LogP contribution in [-0.4, -0.2) is 6.54 Å². The van der Waals surface area contributed by atoms with Crippen LogP contribution in [-0.2, 0) is 10.8 Å². The molecule has 2 aromatic carbocycles. The smallest absolute Gasteiger partial charge is 0.0340 e. The molecule has 0 heterocycles. The van der Waals surface area contributed by atoms with Crippen molar-refractivity contribution in [2.45, 2.75) is 65.2 Å². The van der Waals surface area contributed by atoms with Crippen LogP contribution in [0.3, 0.4) is 0 Å². The topological polar surface area (TPSA) is 12.0 Å². The molecule has 0 amide bonds. The molecule has 2 aromatic rings. The zero-order valence-corrected chi connectivity index (χ0v) is 18.5. The molecule has 28 heavy (non-hydrogen) atoms. The Labute approximate surface area is 171 Å². The molecule has 3 rings (SSSR count). The van der Waals surface area contributed by atoms with Gasteiger partial charge in [0.15, 0.2) is 0 Å². The summed E-state index contributed by atoms with van der Waals surface area (Å²) in [5.41, 5.74) is 10.4. The molecule has 0 aliphatic heterocycles. The number of hydrogen-bond acceptors (Lipinski definition) is 1. The standard InChI is InChI=1S/C27H35N/c1-9-28-20(4)22-12-10-21(11-13-22)19(3)23-17-25-24(16-18(23)2)26(5,6)14-15-27(25,7)8/h10-13,16-17,28H,3-4,9,14-15H2,1-2,5-8H3. The lowest BCUT2D eigenvalue weighted by Crippen LogP contribution is -2.34. The predicted molar refractivity (Wildman–Crippen MR) is 124 cm³/mol. The molecule has 1 N–H and O–H groups in total. The second-order valence-corrected chi connectivity index (χ2v) is 9.55. The molecule has 1 aliphatic carbocycles. The minimum Gasteiger partial charge on any atom is -0.385 e. The minimum atomic E-state index is 0.209. The van der Waals surface area contributed by atoms with Gasteiger partial charge in [0.25, 0.3) is 0 Å². The lowest BCUT2D eigenvalue weighted by molar-refractivity contribution is 0.331. The largest absolute Gasteiger partial charge is 0.385 e. The lowest BCUT2D eigenvalue weighted by Gasteiger charge is -2.42. The highest BCUT2D eigenvalue weighted by molar-refractivity contribution is 5.81. The van der Waals surface area contributed by atoms with E-state index in [9.17, 15) is 0 Å². The molecule has 0 fully saturated rings. The zero-order chi connectivity index (χ0) is 20.7. The van der Waals surface area contributed by atoms with Crippen molar-refractivity contribution >= 4 is 11.3 Å². The fraction of sp³-hybridized carbons (Fsp3) is 0.407. The lowest BCUT2D eigenvalue weighted by atomic mass is 9.62. The Kier molecular flexibility index (Phi) is 5.32. The van der Waals surface area contributed by atoms with E-state index in [4.69, 9.17) is 0 Å². The normalized spacial score (nSPS) is 16.9. The summed E-state index contributed by atoms with van der Waals surface area (Å²) in [7, 11) is 0. The van der Waals surface area contributed by atoms with Gasteiger partial charge in [-0.05, 0) is 76.5 Å². The number of nitrogens with one attached hydrogen (secondary N) is 1. The van der Waals surface area contributed by atoms with Gasteiger partial charge in [-0.3, -0.25) is 0 Å². The van der Waals surface area contributed by atoms with Gasteiger partial charge in [0.2, 0.25) is 0 Å². The van der Waals surface area contributed by atoms with Gasteiger partial charge in [0.1, 0.15) is 0 Å². The molecule has 0 spiro atoms. The van der Waals surface area contributed by atoms with Gasteiger partial charge in [-0.25, -0.2) is 0 Å². The number of hydrogen-bond donors (Lipinski definition) is 1. The number of aryl methyl sites for hydroxylation is 1. The highest BCUT2D eigenvalue weighted by Crippen LogP contribution is 2.47. The summed E-state index contributed by atoms with van der Waals surface area (Å²) in [4.78, 5) is 0. The van der Waals surface area contributed by atoms with Gasteiger partial charge < -0.3 is 5.32 Å². The molecule has 0 saturated heterocycles. The average molecular weight is 374 g/mol. The second kappa shape index (κ2) is 7.28. The minimum absolute atomic E-state index is 0.209. The average Bonchev–Trinajstić information content (AvgIpc) is 2.65. The van der Waals surface area contributed by atoms with Gasteiger partial charge in [-0.2, -0.15) is 0 Å². The van der Waals surface area contributed by atoms with Crippen LogP contribution in [0.1, 0.15) is 80.8 Å². The van der Waals surface area contributed by atoms with Gasteiger partial charge in [-0.1, -0.05) is 77.3 Å². The van der Waals surface area contributed by atoms with E-state index in [1.54, 1.807) is 0 Å². The van der Waals surface area contributed by atoms with Crippen LogP contribution >= 0.6 is 0 Å². The summed E-state index contributed by atoms with van der Waals surface area (Å²) in [6.07, 6.45) is 2.47. The van der Waals surface area contributed by atoms with Crippen molar-refractivity contribution < 1.29 is 0 Å². The van der Waals surface area contributed by atoms with Crippen LogP contribution in [0.5, 0.6) is 0 Å². The van der Waals surface area contributed by atoms with E-state index in [2.05, 4.69) is 96.4 Å². The molecule has 0 aromatic heterocycles. The molecule has 1 aliphatic rings. The van der Waals surface area contributed by atoms with Gasteiger partial charge in [-0.15, -0.1) is 0 Å². The Hall–Kier alpha value is -2.28. The van der Waals surface area contributed by atoms with E-state index in [1.807, 2.05) is 0 Å². The summed E-state index contributed by atoms with van der Waals surface area (Å²) >= 11 is 0. The first-order chi connectivity index (χ1) is 13.1. The van der Waals surface area contributed by atoms with Crippen molar-refractivity contribution in [2.75, 3.05) is 6.54 Å². The summed E-state index contributed by atoms with van der Waals surface area (Å²) in [5.74, 6) is 0. The molecular formula is C27H35N. The maximum absolute atomic E-state index is 4.46. The third-order valence-corrected chi connectivity index (χ3v) is 6.49. The molecule has 0 atom stereocenters. The number of fused-ring (bicyclic) bond motifs is 1. The summed E-state index contributed by atoms with van der Waals surface area (Å²) in [6.45, 7) is 23.3. The summed E-state index contributed by atoms with van der Waals surface area (Å²) in [5, 5.41) is 3.29. The maximum Gasteiger partial charge on any atom is 0.0340 e. The van der Waals surface area contributed by atoms with Crippen molar-refractivity contribution in [2.24, 2.45) is 0 Å². The van der Waals surface area contributed by atoms with Gasteiger partial charge in [0, 0.05) is 12.2 Å². The first-order valence-electron chi connectivity index (χ1n) is 10.5. The number of benzene rings is 2. The highest BCUT2D eigenvalue weighted by Gasteiger charge is 2.37. The molecule has 0 saturated carbocycles. The van der Waals surface area contributed by atoms with Crippen molar-refractivity contribution in [3.8, 4) is 0 Å². The fourth-order valence-corrected chi connectivity index (χ4v) is 4.39. The summed E-state index contributed by atoms with van der Waals surface area (Å²) < 4.78 is 0. The maximum atomic E-state index is 4.46. The molecule has 0 unspecified atom stereocenters. The van der Waals surface area contributed by atoms with Crippen molar-refractivity contribution in [3.63, 3.8) is 0 Å². The third-order valence-electron chi connectivity index (χ3n) is 6.49. The van der Waals surface area contributed by atoms with E-state index in [0.29, 0.717) is 0 Å². The second-order valence-electron chi connectivity index (χ2n) is 9.55. The van der Waals surface area contributed by atoms with Crippen molar-refractivity contribution in [1.82, 2.24) is 5.32 Å². The zero-order valence-electron chi connectivity index (χ0n) is 18.5. The summed E-state index contributed by atoms with van der Waals surface area (Å²) in [6, 6.07) is 13.4. The van der Waals surface area contributed by atoms with Crippen LogP contribution in [0.2, 0.25) is 0 Å². The van der Waals surface area contributed by atoms with Crippen molar-refractivity contribution in [1.29, 1.82) is 0 Å². The quantitative estimate of drug-likeness (QED) is 0.596. The van der Waals surface area contributed by atoms with E-state index in [0.717, 1.165) is 23.4 Å². The Morgan fingerprint density at radius 1 is 0.893 bits per heavy atom. The molecule has 0 radical (unpaired) electrons. The molecule has 148 valence electrons. The molecular weight excluding hydrogens is 338 g/mol. The molecule has 1 heteroatoms. The third kappa shape index (κ3) is 3.68. The van der Waals surface area contributed by atoms with Crippen LogP contribution in [0, 0.1) is 6.92 Å². The van der Waals surface area contributed by atoms with E-state index < -0.39 is 0 Å². The van der Waals surface area contributed by atoms with Crippen LogP contribution in [0.15, 0.2) is 49.6 Å². The molecule has 1 nitrogen and oxygen atoms in total. The fourth-order valence-electron chi connectivity index (χ4n) is 4.39. The highest BCUT2D eigenvalue weighted by atomic mass is 14.9. The van der Waals surface area contributed by atoms with E-state index >= 15 is 0 Å². The van der Waals surface area contributed by atoms with Gasteiger partial charge in [0.05, 0.1) is 0 Å².